The maximum absolute atomic E-state index is 10.9. The van der Waals surface area contributed by atoms with Gasteiger partial charge in [-0.05, 0) is 18.8 Å². The van der Waals surface area contributed by atoms with E-state index in [1.165, 1.54) is 25.7 Å². The monoisotopic (exact) mass is 248 g/mol. The third-order valence-corrected chi connectivity index (χ3v) is 3.71. The summed E-state index contributed by atoms with van der Waals surface area (Å²) in [5.41, 5.74) is 0.995. The standard InChI is InChI=1S/C14H20N2O2/c1-11-5-4-7-13(9-11)15-10-12-6-2-3-8-14(12)16(17)18/h2-3,6,8,11,13,15H,4-5,7,9-10H2,1H3. The Morgan fingerprint density at radius 3 is 2.89 bits per heavy atom. The molecule has 0 aliphatic heterocycles. The SMILES string of the molecule is CC1CCCC(NCc2ccccc2[N+](=O)[O-])C1. The fourth-order valence-electron chi connectivity index (χ4n) is 2.71. The van der Waals surface area contributed by atoms with Gasteiger partial charge in [-0.25, -0.2) is 0 Å². The first-order valence-electron chi connectivity index (χ1n) is 6.62. The second-order valence-electron chi connectivity index (χ2n) is 5.24. The highest BCUT2D eigenvalue weighted by Gasteiger charge is 2.19. The molecule has 1 N–H and O–H groups in total. The van der Waals surface area contributed by atoms with Crippen LogP contribution in [-0.4, -0.2) is 11.0 Å². The quantitative estimate of drug-likeness (QED) is 0.657. The second-order valence-corrected chi connectivity index (χ2v) is 5.24. The van der Waals surface area contributed by atoms with Gasteiger partial charge in [0.1, 0.15) is 0 Å². The molecule has 4 heteroatoms. The normalized spacial score (nSPS) is 23.8. The fraction of sp³-hybridized carbons (Fsp3) is 0.571. The van der Waals surface area contributed by atoms with Crippen LogP contribution in [0.2, 0.25) is 0 Å². The Balaban J connectivity index is 1.95. The molecule has 1 aromatic rings. The summed E-state index contributed by atoms with van der Waals surface area (Å²) in [7, 11) is 0. The Bertz CT molecular complexity index is 420. The van der Waals surface area contributed by atoms with Crippen molar-refractivity contribution < 1.29 is 4.92 Å². The summed E-state index contributed by atoms with van der Waals surface area (Å²) >= 11 is 0. The van der Waals surface area contributed by atoms with E-state index >= 15 is 0 Å². The van der Waals surface area contributed by atoms with Crippen molar-refractivity contribution in [3.63, 3.8) is 0 Å². The van der Waals surface area contributed by atoms with Crippen LogP contribution in [0.4, 0.5) is 5.69 Å². The van der Waals surface area contributed by atoms with E-state index in [0.717, 1.165) is 11.5 Å². The van der Waals surface area contributed by atoms with Crippen LogP contribution in [0.1, 0.15) is 38.2 Å². The first-order chi connectivity index (χ1) is 8.66. The lowest BCUT2D eigenvalue weighted by molar-refractivity contribution is -0.385. The molecule has 0 saturated heterocycles. The number of nitro groups is 1. The summed E-state index contributed by atoms with van der Waals surface area (Å²) in [6.45, 7) is 2.87. The molecule has 18 heavy (non-hydrogen) atoms. The van der Waals surface area contributed by atoms with E-state index in [1.807, 2.05) is 12.1 Å². The van der Waals surface area contributed by atoms with Crippen molar-refractivity contribution >= 4 is 5.69 Å². The first-order valence-corrected chi connectivity index (χ1v) is 6.62. The van der Waals surface area contributed by atoms with Crippen molar-refractivity contribution in [3.8, 4) is 0 Å². The topological polar surface area (TPSA) is 55.2 Å². The van der Waals surface area contributed by atoms with Gasteiger partial charge in [-0.15, -0.1) is 0 Å². The van der Waals surface area contributed by atoms with Gasteiger partial charge in [-0.1, -0.05) is 38.0 Å². The number of benzene rings is 1. The molecule has 4 nitrogen and oxygen atoms in total. The predicted octanol–water partition coefficient (Wildman–Crippen LogP) is 3.26. The number of nitrogens with one attached hydrogen (secondary N) is 1. The van der Waals surface area contributed by atoms with Gasteiger partial charge in [0.05, 0.1) is 4.92 Å². The van der Waals surface area contributed by atoms with Crippen LogP contribution in [0.5, 0.6) is 0 Å². The van der Waals surface area contributed by atoms with Gasteiger partial charge in [0.15, 0.2) is 0 Å². The maximum Gasteiger partial charge on any atom is 0.273 e. The molecule has 2 rings (SSSR count). The van der Waals surface area contributed by atoms with Gasteiger partial charge in [0.2, 0.25) is 0 Å². The van der Waals surface area contributed by atoms with E-state index in [-0.39, 0.29) is 10.6 Å². The van der Waals surface area contributed by atoms with Crippen LogP contribution in [0.3, 0.4) is 0 Å². The molecule has 1 saturated carbocycles. The molecule has 0 heterocycles. The van der Waals surface area contributed by atoms with Gasteiger partial charge in [0.25, 0.3) is 5.69 Å². The van der Waals surface area contributed by atoms with E-state index in [0.29, 0.717) is 12.6 Å². The lowest BCUT2D eigenvalue weighted by Crippen LogP contribution is -2.33. The first kappa shape index (κ1) is 13.0. The molecule has 1 aliphatic carbocycles. The van der Waals surface area contributed by atoms with E-state index in [2.05, 4.69) is 12.2 Å². The van der Waals surface area contributed by atoms with Crippen LogP contribution in [0.25, 0.3) is 0 Å². The third-order valence-electron chi connectivity index (χ3n) is 3.71. The van der Waals surface area contributed by atoms with Crippen LogP contribution in [0.15, 0.2) is 24.3 Å². The largest absolute Gasteiger partial charge is 0.310 e. The van der Waals surface area contributed by atoms with Crippen LogP contribution in [0, 0.1) is 16.0 Å². The summed E-state index contributed by atoms with van der Waals surface area (Å²) < 4.78 is 0. The summed E-state index contributed by atoms with van der Waals surface area (Å²) in [4.78, 5) is 10.6. The minimum Gasteiger partial charge on any atom is -0.310 e. The predicted molar refractivity (Wildman–Crippen MR) is 71.4 cm³/mol. The third kappa shape index (κ3) is 3.29. The van der Waals surface area contributed by atoms with Crippen LogP contribution >= 0.6 is 0 Å². The Labute approximate surface area is 108 Å². The van der Waals surface area contributed by atoms with E-state index < -0.39 is 0 Å². The Morgan fingerprint density at radius 2 is 2.17 bits per heavy atom. The molecular weight excluding hydrogens is 228 g/mol. The highest BCUT2D eigenvalue weighted by molar-refractivity contribution is 5.39. The van der Waals surface area contributed by atoms with Gasteiger partial charge in [-0.3, -0.25) is 10.1 Å². The molecule has 0 radical (unpaired) electrons. The molecule has 2 unspecified atom stereocenters. The Kier molecular flexibility index (Phi) is 4.31. The number of para-hydroxylation sites is 1. The molecule has 1 aliphatic rings. The van der Waals surface area contributed by atoms with Crippen molar-refractivity contribution in [1.29, 1.82) is 0 Å². The van der Waals surface area contributed by atoms with Crippen LogP contribution in [-0.2, 0) is 6.54 Å². The van der Waals surface area contributed by atoms with Gasteiger partial charge in [-0.2, -0.15) is 0 Å². The fourth-order valence-corrected chi connectivity index (χ4v) is 2.71. The van der Waals surface area contributed by atoms with Crippen molar-refractivity contribution in [2.45, 2.75) is 45.2 Å². The number of rotatable bonds is 4. The lowest BCUT2D eigenvalue weighted by atomic mass is 9.87. The molecule has 0 bridgehead atoms. The van der Waals surface area contributed by atoms with E-state index in [4.69, 9.17) is 0 Å². The highest BCUT2D eigenvalue weighted by Crippen LogP contribution is 2.24. The molecule has 1 aromatic carbocycles. The number of hydrogen-bond acceptors (Lipinski definition) is 3. The molecule has 98 valence electrons. The van der Waals surface area contributed by atoms with Gasteiger partial charge >= 0.3 is 0 Å². The van der Waals surface area contributed by atoms with Gasteiger partial charge < -0.3 is 5.32 Å². The smallest absolute Gasteiger partial charge is 0.273 e. The van der Waals surface area contributed by atoms with Crippen molar-refractivity contribution in [2.75, 3.05) is 0 Å². The Hall–Kier alpha value is -1.42. The minimum atomic E-state index is -0.305. The molecule has 0 spiro atoms. The van der Waals surface area contributed by atoms with Crippen molar-refractivity contribution in [1.82, 2.24) is 5.32 Å². The molecule has 0 aromatic heterocycles. The van der Waals surface area contributed by atoms with Gasteiger partial charge in [0, 0.05) is 24.2 Å². The van der Waals surface area contributed by atoms with E-state index in [9.17, 15) is 10.1 Å². The summed E-state index contributed by atoms with van der Waals surface area (Å²) in [6.07, 6.45) is 4.94. The zero-order valence-electron chi connectivity index (χ0n) is 10.8. The Morgan fingerprint density at radius 1 is 1.39 bits per heavy atom. The molecule has 1 fully saturated rings. The maximum atomic E-state index is 10.9. The molecule has 2 atom stereocenters. The highest BCUT2D eigenvalue weighted by atomic mass is 16.6. The summed E-state index contributed by atoms with van der Waals surface area (Å²) in [5, 5.41) is 14.4. The number of hydrogen-bond donors (Lipinski definition) is 1. The summed E-state index contributed by atoms with van der Waals surface area (Å²) in [5.74, 6) is 0.766. The molecular formula is C14H20N2O2. The second kappa shape index (κ2) is 5.96. The average molecular weight is 248 g/mol. The average Bonchev–Trinajstić information content (AvgIpc) is 2.37. The van der Waals surface area contributed by atoms with Crippen LogP contribution < -0.4 is 5.32 Å². The van der Waals surface area contributed by atoms with E-state index in [1.54, 1.807) is 12.1 Å². The zero-order valence-corrected chi connectivity index (χ0v) is 10.8. The summed E-state index contributed by atoms with van der Waals surface area (Å²) in [6, 6.07) is 7.48. The number of nitro benzene ring substituents is 1. The zero-order chi connectivity index (χ0) is 13.0. The minimum absolute atomic E-state index is 0.217. The number of nitrogens with zero attached hydrogens (tertiary/aromatic N) is 1. The molecule has 0 amide bonds. The van der Waals surface area contributed by atoms with Crippen molar-refractivity contribution in [2.24, 2.45) is 5.92 Å². The lowest BCUT2D eigenvalue weighted by Gasteiger charge is -2.27. The van der Waals surface area contributed by atoms with Crippen molar-refractivity contribution in [3.05, 3.63) is 39.9 Å².